The molecule has 8 heteroatoms. The largest absolute Gasteiger partial charge is 0.355 e. The summed E-state index contributed by atoms with van der Waals surface area (Å²) in [4.78, 5) is 32.1. The number of aryl methyl sites for hydroxylation is 1. The van der Waals surface area contributed by atoms with E-state index in [1.54, 1.807) is 18.5 Å². The summed E-state index contributed by atoms with van der Waals surface area (Å²) in [5, 5.41) is 2.44. The fraction of sp³-hybridized carbons (Fsp3) is 0.208. The molecule has 0 unspecified atom stereocenters. The molecule has 160 valence electrons. The standard InChI is InChI=1S/C24H21FN6O/c1-14-9-20-19(29-11-14)5-6-21(30-20)31-12-16(13-31)23-22(27-7-8-28-23)15-3-4-17(18(25)10-15)24(32)26-2/h3-11,16H,12-13H2,1-2H3,(H,26,32). The molecule has 1 aliphatic heterocycles. The van der Waals surface area contributed by atoms with Crippen molar-refractivity contribution in [2.45, 2.75) is 12.8 Å². The lowest BCUT2D eigenvalue weighted by Gasteiger charge is -2.40. The second kappa shape index (κ2) is 7.96. The monoisotopic (exact) mass is 428 g/mol. The summed E-state index contributed by atoms with van der Waals surface area (Å²) in [6.07, 6.45) is 5.09. The van der Waals surface area contributed by atoms with Gasteiger partial charge in [-0.05, 0) is 42.8 Å². The van der Waals surface area contributed by atoms with Crippen molar-refractivity contribution in [3.63, 3.8) is 0 Å². The molecule has 0 atom stereocenters. The van der Waals surface area contributed by atoms with Gasteiger partial charge in [-0.2, -0.15) is 0 Å². The fourth-order valence-electron chi connectivity index (χ4n) is 3.96. The molecule has 4 heterocycles. The molecule has 0 radical (unpaired) electrons. The third-order valence-corrected chi connectivity index (χ3v) is 5.69. The van der Waals surface area contributed by atoms with E-state index in [9.17, 15) is 9.18 Å². The lowest BCUT2D eigenvalue weighted by molar-refractivity contribution is 0.0959. The first kappa shape index (κ1) is 20.0. The minimum Gasteiger partial charge on any atom is -0.355 e. The summed E-state index contributed by atoms with van der Waals surface area (Å²) < 4.78 is 14.5. The smallest absolute Gasteiger partial charge is 0.253 e. The molecule has 1 N–H and O–H groups in total. The van der Waals surface area contributed by atoms with Gasteiger partial charge in [0.05, 0.1) is 28.0 Å². The molecule has 7 nitrogen and oxygen atoms in total. The highest BCUT2D eigenvalue weighted by Gasteiger charge is 2.32. The summed E-state index contributed by atoms with van der Waals surface area (Å²) in [7, 11) is 1.47. The van der Waals surface area contributed by atoms with E-state index in [4.69, 9.17) is 4.98 Å². The predicted octanol–water partition coefficient (Wildman–Crippen LogP) is 3.50. The molecule has 32 heavy (non-hydrogen) atoms. The summed E-state index contributed by atoms with van der Waals surface area (Å²) in [5.74, 6) is -0.00429. The Labute approximate surface area is 184 Å². The number of rotatable bonds is 4. The van der Waals surface area contributed by atoms with E-state index in [1.165, 1.54) is 19.2 Å². The molecule has 5 rings (SSSR count). The number of carbonyl (C=O) groups excluding carboxylic acids is 1. The van der Waals surface area contributed by atoms with Gasteiger partial charge < -0.3 is 10.2 Å². The minimum absolute atomic E-state index is 0.00335. The Morgan fingerprint density at radius 2 is 1.88 bits per heavy atom. The highest BCUT2D eigenvalue weighted by atomic mass is 19.1. The van der Waals surface area contributed by atoms with Gasteiger partial charge in [0.25, 0.3) is 5.91 Å². The Morgan fingerprint density at radius 1 is 1.06 bits per heavy atom. The normalized spacial score (nSPS) is 13.8. The zero-order chi connectivity index (χ0) is 22.2. The number of anilines is 1. The average Bonchev–Trinajstić information content (AvgIpc) is 2.77. The molecule has 0 aliphatic carbocycles. The van der Waals surface area contributed by atoms with E-state index < -0.39 is 11.7 Å². The molecule has 0 spiro atoms. The van der Waals surface area contributed by atoms with Crippen molar-refractivity contribution in [2.75, 3.05) is 25.0 Å². The Kier molecular flexibility index (Phi) is 4.97. The van der Waals surface area contributed by atoms with E-state index in [0.29, 0.717) is 11.3 Å². The van der Waals surface area contributed by atoms with Crippen molar-refractivity contribution in [1.82, 2.24) is 25.3 Å². The lowest BCUT2D eigenvalue weighted by atomic mass is 9.92. The number of halogens is 1. The maximum Gasteiger partial charge on any atom is 0.253 e. The third-order valence-electron chi connectivity index (χ3n) is 5.69. The van der Waals surface area contributed by atoms with Crippen LogP contribution in [0.1, 0.15) is 27.5 Å². The Morgan fingerprint density at radius 3 is 2.66 bits per heavy atom. The van der Waals surface area contributed by atoms with Crippen molar-refractivity contribution in [3.05, 3.63) is 77.6 Å². The van der Waals surface area contributed by atoms with Crippen LogP contribution in [0.5, 0.6) is 0 Å². The summed E-state index contributed by atoms with van der Waals surface area (Å²) in [6.45, 7) is 3.48. The second-order valence-electron chi connectivity index (χ2n) is 7.89. The van der Waals surface area contributed by atoms with Crippen molar-refractivity contribution < 1.29 is 9.18 Å². The third kappa shape index (κ3) is 3.53. The number of aromatic nitrogens is 4. The van der Waals surface area contributed by atoms with Gasteiger partial charge in [-0.15, -0.1) is 0 Å². The zero-order valence-electron chi connectivity index (χ0n) is 17.7. The first-order valence-electron chi connectivity index (χ1n) is 10.3. The molecule has 4 aromatic rings. The van der Waals surface area contributed by atoms with Crippen LogP contribution in [0.25, 0.3) is 22.3 Å². The van der Waals surface area contributed by atoms with Crippen LogP contribution < -0.4 is 10.2 Å². The number of hydrogen-bond acceptors (Lipinski definition) is 6. The Balaban J connectivity index is 1.39. The van der Waals surface area contributed by atoms with E-state index in [0.717, 1.165) is 41.2 Å². The molecular formula is C24H21FN6O. The molecule has 3 aromatic heterocycles. The van der Waals surface area contributed by atoms with Crippen molar-refractivity contribution in [2.24, 2.45) is 0 Å². The van der Waals surface area contributed by atoms with Crippen LogP contribution in [-0.2, 0) is 0 Å². The van der Waals surface area contributed by atoms with Crippen LogP contribution in [0.2, 0.25) is 0 Å². The minimum atomic E-state index is -0.585. The van der Waals surface area contributed by atoms with Crippen LogP contribution in [0, 0.1) is 12.7 Å². The maximum absolute atomic E-state index is 14.5. The number of pyridine rings is 2. The first-order valence-corrected chi connectivity index (χ1v) is 10.3. The number of nitrogens with one attached hydrogen (secondary N) is 1. The highest BCUT2D eigenvalue weighted by Crippen LogP contribution is 2.35. The number of carbonyl (C=O) groups is 1. The fourth-order valence-corrected chi connectivity index (χ4v) is 3.96. The maximum atomic E-state index is 14.5. The quantitative estimate of drug-likeness (QED) is 0.536. The van der Waals surface area contributed by atoms with Gasteiger partial charge in [-0.3, -0.25) is 19.7 Å². The van der Waals surface area contributed by atoms with Gasteiger partial charge in [0.2, 0.25) is 0 Å². The molecule has 0 saturated carbocycles. The summed E-state index contributed by atoms with van der Waals surface area (Å²) in [5.41, 5.74) is 4.86. The molecule has 1 aliphatic rings. The van der Waals surface area contributed by atoms with E-state index in [-0.39, 0.29) is 11.5 Å². The molecular weight excluding hydrogens is 407 g/mol. The summed E-state index contributed by atoms with van der Waals surface area (Å²) >= 11 is 0. The number of amides is 1. The topological polar surface area (TPSA) is 83.9 Å². The Bertz CT molecular complexity index is 1340. The molecule has 1 aromatic carbocycles. The van der Waals surface area contributed by atoms with Gasteiger partial charge in [0, 0.05) is 50.2 Å². The molecule has 1 fully saturated rings. The number of fused-ring (bicyclic) bond motifs is 1. The van der Waals surface area contributed by atoms with Crippen molar-refractivity contribution in [3.8, 4) is 11.3 Å². The lowest BCUT2D eigenvalue weighted by Crippen LogP contribution is -2.46. The summed E-state index contributed by atoms with van der Waals surface area (Å²) in [6, 6.07) is 10.5. The van der Waals surface area contributed by atoms with Gasteiger partial charge in [-0.25, -0.2) is 9.37 Å². The van der Waals surface area contributed by atoms with Gasteiger partial charge in [0.15, 0.2) is 0 Å². The zero-order valence-corrected chi connectivity index (χ0v) is 17.7. The SMILES string of the molecule is CNC(=O)c1ccc(-c2nccnc2C2CN(c3ccc4ncc(C)cc4n3)C2)cc1F. The first-order chi connectivity index (χ1) is 15.5. The molecule has 1 saturated heterocycles. The molecule has 0 bridgehead atoms. The van der Waals surface area contributed by atoms with E-state index in [1.807, 2.05) is 31.3 Å². The predicted molar refractivity (Wildman–Crippen MR) is 120 cm³/mol. The van der Waals surface area contributed by atoms with Gasteiger partial charge in [0.1, 0.15) is 11.6 Å². The van der Waals surface area contributed by atoms with Gasteiger partial charge in [-0.1, -0.05) is 6.07 Å². The van der Waals surface area contributed by atoms with Crippen LogP contribution in [0.3, 0.4) is 0 Å². The Hall–Kier alpha value is -3.94. The number of hydrogen-bond donors (Lipinski definition) is 1. The number of nitrogens with zero attached hydrogens (tertiary/aromatic N) is 5. The van der Waals surface area contributed by atoms with E-state index in [2.05, 4.69) is 25.2 Å². The average molecular weight is 428 g/mol. The van der Waals surface area contributed by atoms with Gasteiger partial charge >= 0.3 is 0 Å². The van der Waals surface area contributed by atoms with Crippen LogP contribution in [0.4, 0.5) is 10.2 Å². The van der Waals surface area contributed by atoms with Crippen LogP contribution in [-0.4, -0.2) is 46.0 Å². The number of benzene rings is 1. The van der Waals surface area contributed by atoms with Crippen LogP contribution in [0.15, 0.2) is 55.0 Å². The van der Waals surface area contributed by atoms with E-state index >= 15 is 0 Å². The van der Waals surface area contributed by atoms with Crippen molar-refractivity contribution in [1.29, 1.82) is 0 Å². The van der Waals surface area contributed by atoms with Crippen molar-refractivity contribution >= 4 is 22.8 Å². The van der Waals surface area contributed by atoms with Crippen LogP contribution >= 0.6 is 0 Å². The highest BCUT2D eigenvalue weighted by molar-refractivity contribution is 5.94. The second-order valence-corrected chi connectivity index (χ2v) is 7.89. The molecule has 1 amide bonds.